The van der Waals surface area contributed by atoms with Crippen LogP contribution in [0.4, 0.5) is 0 Å². The molecule has 0 unspecified atom stereocenters. The average molecular weight is 208 g/mol. The summed E-state index contributed by atoms with van der Waals surface area (Å²) in [5.41, 5.74) is 5.87. The second-order valence-electron chi connectivity index (χ2n) is 4.49. The quantitative estimate of drug-likeness (QED) is 0.794. The zero-order chi connectivity index (χ0) is 10.5. The number of nitrogens with two attached hydrogens (primary N) is 1. The van der Waals surface area contributed by atoms with Crippen molar-refractivity contribution in [2.24, 2.45) is 11.7 Å². The zero-order valence-electron chi connectivity index (χ0n) is 9.11. The Balaban J connectivity index is 1.62. The summed E-state index contributed by atoms with van der Waals surface area (Å²) in [6.07, 6.45) is 6.63. The topological polar surface area (TPSA) is 51.2 Å². The van der Waals surface area contributed by atoms with Crippen LogP contribution in [0.3, 0.4) is 0 Å². The lowest BCUT2D eigenvalue weighted by atomic mass is 9.86. The third-order valence-electron chi connectivity index (χ3n) is 3.20. The fourth-order valence-corrected chi connectivity index (χ4v) is 2.21. The lowest BCUT2D eigenvalue weighted by Crippen LogP contribution is -2.31. The van der Waals surface area contributed by atoms with Gasteiger partial charge in [0.1, 0.15) is 5.76 Å². The molecule has 0 saturated heterocycles. The summed E-state index contributed by atoms with van der Waals surface area (Å²) in [5, 5.41) is 3.44. The van der Waals surface area contributed by atoms with Crippen LogP contribution in [0.2, 0.25) is 0 Å². The molecule has 3 nitrogen and oxygen atoms in total. The predicted octanol–water partition coefficient (Wildman–Crippen LogP) is 1.89. The van der Waals surface area contributed by atoms with Crippen LogP contribution in [-0.4, -0.2) is 12.6 Å². The molecule has 0 bridgehead atoms. The van der Waals surface area contributed by atoms with Gasteiger partial charge in [-0.3, -0.25) is 0 Å². The van der Waals surface area contributed by atoms with Gasteiger partial charge in [-0.2, -0.15) is 0 Å². The molecule has 84 valence electrons. The third-order valence-corrected chi connectivity index (χ3v) is 3.20. The highest BCUT2D eigenvalue weighted by molar-refractivity contribution is 4.97. The largest absolute Gasteiger partial charge is 0.468 e. The molecule has 1 aliphatic carbocycles. The van der Waals surface area contributed by atoms with Gasteiger partial charge in [-0.25, -0.2) is 0 Å². The van der Waals surface area contributed by atoms with E-state index in [2.05, 4.69) is 5.32 Å². The van der Waals surface area contributed by atoms with Crippen molar-refractivity contribution in [1.29, 1.82) is 0 Å². The fourth-order valence-electron chi connectivity index (χ4n) is 2.21. The summed E-state index contributed by atoms with van der Waals surface area (Å²) in [4.78, 5) is 0. The minimum Gasteiger partial charge on any atom is -0.468 e. The Bertz CT molecular complexity index is 263. The van der Waals surface area contributed by atoms with Crippen molar-refractivity contribution in [3.8, 4) is 0 Å². The van der Waals surface area contributed by atoms with Crippen molar-refractivity contribution in [2.45, 2.75) is 38.3 Å². The van der Waals surface area contributed by atoms with Gasteiger partial charge in [-0.05, 0) is 50.3 Å². The highest BCUT2D eigenvalue weighted by Crippen LogP contribution is 2.22. The molecular formula is C12H20N2O. The van der Waals surface area contributed by atoms with Crippen molar-refractivity contribution in [2.75, 3.05) is 6.54 Å². The normalized spacial score (nSPS) is 26.7. The molecule has 3 N–H and O–H groups in total. The Morgan fingerprint density at radius 1 is 1.33 bits per heavy atom. The van der Waals surface area contributed by atoms with Crippen molar-refractivity contribution < 1.29 is 4.42 Å². The molecule has 3 heteroatoms. The minimum atomic E-state index is 0.450. The van der Waals surface area contributed by atoms with Gasteiger partial charge in [-0.1, -0.05) is 0 Å². The van der Waals surface area contributed by atoms with E-state index in [1.807, 2.05) is 12.1 Å². The number of nitrogens with one attached hydrogen (secondary N) is 1. The van der Waals surface area contributed by atoms with Crippen molar-refractivity contribution >= 4 is 0 Å². The molecule has 0 aromatic carbocycles. The third kappa shape index (κ3) is 3.36. The average Bonchev–Trinajstić information content (AvgIpc) is 2.74. The maximum Gasteiger partial charge on any atom is 0.117 e. The molecule has 0 atom stereocenters. The molecule has 1 aliphatic rings. The van der Waals surface area contributed by atoms with Crippen LogP contribution >= 0.6 is 0 Å². The molecule has 0 aliphatic heterocycles. The molecule has 15 heavy (non-hydrogen) atoms. The number of hydrogen-bond acceptors (Lipinski definition) is 3. The van der Waals surface area contributed by atoms with E-state index in [1.54, 1.807) is 6.26 Å². The van der Waals surface area contributed by atoms with Gasteiger partial charge in [0.05, 0.1) is 12.8 Å². The molecular weight excluding hydrogens is 188 g/mol. The summed E-state index contributed by atoms with van der Waals surface area (Å²) < 4.78 is 5.26. The SMILES string of the molecule is NC1CCC(CNCc2ccco2)CC1. The Morgan fingerprint density at radius 2 is 2.13 bits per heavy atom. The van der Waals surface area contributed by atoms with E-state index in [0.29, 0.717) is 6.04 Å². The highest BCUT2D eigenvalue weighted by Gasteiger charge is 2.17. The Morgan fingerprint density at radius 3 is 2.80 bits per heavy atom. The maximum atomic E-state index is 5.87. The van der Waals surface area contributed by atoms with E-state index in [4.69, 9.17) is 10.2 Å². The van der Waals surface area contributed by atoms with Crippen molar-refractivity contribution in [3.63, 3.8) is 0 Å². The van der Waals surface area contributed by atoms with Crippen LogP contribution in [0.25, 0.3) is 0 Å². The molecule has 1 fully saturated rings. The first-order valence-electron chi connectivity index (χ1n) is 5.83. The Kier molecular flexibility index (Phi) is 3.80. The van der Waals surface area contributed by atoms with E-state index in [-0.39, 0.29) is 0 Å². The van der Waals surface area contributed by atoms with Gasteiger partial charge < -0.3 is 15.5 Å². The molecule has 0 spiro atoms. The molecule has 1 aromatic heterocycles. The molecule has 1 saturated carbocycles. The second kappa shape index (κ2) is 5.33. The van der Waals surface area contributed by atoms with E-state index in [9.17, 15) is 0 Å². The lowest BCUT2D eigenvalue weighted by Gasteiger charge is -2.26. The first-order chi connectivity index (χ1) is 7.34. The fraction of sp³-hybridized carbons (Fsp3) is 0.667. The Hall–Kier alpha value is -0.800. The summed E-state index contributed by atoms with van der Waals surface area (Å²) in [7, 11) is 0. The molecule has 1 heterocycles. The predicted molar refractivity (Wildman–Crippen MR) is 60.3 cm³/mol. The first-order valence-corrected chi connectivity index (χ1v) is 5.83. The Labute approximate surface area is 91.0 Å². The summed E-state index contributed by atoms with van der Waals surface area (Å²) >= 11 is 0. The summed E-state index contributed by atoms with van der Waals surface area (Å²) in [6, 6.07) is 4.38. The van der Waals surface area contributed by atoms with E-state index in [0.717, 1.165) is 24.8 Å². The summed E-state index contributed by atoms with van der Waals surface area (Å²) in [5.74, 6) is 1.82. The monoisotopic (exact) mass is 208 g/mol. The van der Waals surface area contributed by atoms with Crippen LogP contribution in [0.15, 0.2) is 22.8 Å². The van der Waals surface area contributed by atoms with Crippen LogP contribution in [0, 0.1) is 5.92 Å². The van der Waals surface area contributed by atoms with Crippen molar-refractivity contribution in [1.82, 2.24) is 5.32 Å². The molecule has 1 aromatic rings. The highest BCUT2D eigenvalue weighted by atomic mass is 16.3. The van der Waals surface area contributed by atoms with Gasteiger partial charge in [0.25, 0.3) is 0 Å². The van der Waals surface area contributed by atoms with Crippen LogP contribution in [0.1, 0.15) is 31.4 Å². The van der Waals surface area contributed by atoms with Crippen molar-refractivity contribution in [3.05, 3.63) is 24.2 Å². The van der Waals surface area contributed by atoms with E-state index in [1.165, 1.54) is 25.7 Å². The molecule has 0 amide bonds. The summed E-state index contributed by atoms with van der Waals surface area (Å²) in [6.45, 7) is 1.93. The van der Waals surface area contributed by atoms with Crippen LogP contribution < -0.4 is 11.1 Å². The van der Waals surface area contributed by atoms with Gasteiger partial charge in [0.2, 0.25) is 0 Å². The maximum absolute atomic E-state index is 5.87. The van der Waals surface area contributed by atoms with Gasteiger partial charge in [-0.15, -0.1) is 0 Å². The minimum absolute atomic E-state index is 0.450. The number of hydrogen-bond donors (Lipinski definition) is 2. The lowest BCUT2D eigenvalue weighted by molar-refractivity contribution is 0.311. The number of furan rings is 1. The van der Waals surface area contributed by atoms with Gasteiger partial charge in [0.15, 0.2) is 0 Å². The van der Waals surface area contributed by atoms with Gasteiger partial charge >= 0.3 is 0 Å². The van der Waals surface area contributed by atoms with Crippen LogP contribution in [-0.2, 0) is 6.54 Å². The van der Waals surface area contributed by atoms with Gasteiger partial charge in [0, 0.05) is 6.04 Å². The van der Waals surface area contributed by atoms with Crippen LogP contribution in [0.5, 0.6) is 0 Å². The standard InChI is InChI=1S/C12H20N2O/c13-11-5-3-10(4-6-11)8-14-9-12-2-1-7-15-12/h1-2,7,10-11,14H,3-6,8-9,13H2. The van der Waals surface area contributed by atoms with E-state index >= 15 is 0 Å². The smallest absolute Gasteiger partial charge is 0.117 e. The zero-order valence-corrected chi connectivity index (χ0v) is 9.11. The first kappa shape index (κ1) is 10.7. The second-order valence-corrected chi connectivity index (χ2v) is 4.49. The number of rotatable bonds is 4. The molecule has 0 radical (unpaired) electrons. The molecule has 2 rings (SSSR count). The van der Waals surface area contributed by atoms with E-state index < -0.39 is 0 Å².